The number of pyridine rings is 1. The Balaban J connectivity index is 1.65. The predicted molar refractivity (Wildman–Crippen MR) is 111 cm³/mol. The topological polar surface area (TPSA) is 41.6 Å². The van der Waals surface area contributed by atoms with E-state index in [0.29, 0.717) is 17.9 Å². The minimum Gasteiger partial charge on any atom is -0.343 e. The minimum absolute atomic E-state index is 0.322. The molecule has 0 aliphatic rings. The lowest BCUT2D eigenvalue weighted by Gasteiger charge is -2.10. The molecule has 0 radical (unpaired) electrons. The highest BCUT2D eigenvalue weighted by molar-refractivity contribution is 5.85. The summed E-state index contributed by atoms with van der Waals surface area (Å²) in [7, 11) is 0. The summed E-state index contributed by atoms with van der Waals surface area (Å²) in [5, 5.41) is 10.2. The molecule has 0 atom stereocenters. The summed E-state index contributed by atoms with van der Waals surface area (Å²) in [6, 6.07) is 18.6. The van der Waals surface area contributed by atoms with E-state index < -0.39 is 11.7 Å². The molecule has 0 fully saturated rings. The molecular weight excluding hydrogens is 387 g/mol. The van der Waals surface area contributed by atoms with E-state index >= 15 is 0 Å². The molecular formula is C24H16F3N3. The van der Waals surface area contributed by atoms with Gasteiger partial charge in [-0.3, -0.25) is 0 Å². The van der Waals surface area contributed by atoms with Gasteiger partial charge in [0, 0.05) is 29.2 Å². The summed E-state index contributed by atoms with van der Waals surface area (Å²) in [4.78, 5) is 4.37. The van der Waals surface area contributed by atoms with E-state index in [0.717, 1.165) is 39.7 Å². The number of alkyl halides is 3. The maximum absolute atomic E-state index is 12.7. The zero-order valence-corrected chi connectivity index (χ0v) is 15.8. The highest BCUT2D eigenvalue weighted by Crippen LogP contribution is 2.30. The third kappa shape index (κ3) is 3.83. The summed E-state index contributed by atoms with van der Waals surface area (Å²) in [6.07, 6.45) is -0.761. The van der Waals surface area contributed by atoms with E-state index in [4.69, 9.17) is 0 Å². The fourth-order valence-electron chi connectivity index (χ4n) is 3.37. The van der Waals surface area contributed by atoms with Crippen LogP contribution >= 0.6 is 0 Å². The number of benzene rings is 2. The van der Waals surface area contributed by atoms with Gasteiger partial charge in [0.05, 0.1) is 11.3 Å². The number of aromatic nitrogens is 2. The molecule has 0 amide bonds. The van der Waals surface area contributed by atoms with Crippen molar-refractivity contribution in [2.75, 3.05) is 0 Å². The van der Waals surface area contributed by atoms with E-state index in [1.165, 1.54) is 12.1 Å². The van der Waals surface area contributed by atoms with Crippen molar-refractivity contribution in [2.24, 2.45) is 0 Å². The maximum Gasteiger partial charge on any atom is 0.416 e. The Kier molecular flexibility index (Phi) is 4.88. The molecule has 6 heteroatoms. The molecule has 0 aliphatic carbocycles. The first-order valence-corrected chi connectivity index (χ1v) is 9.17. The molecule has 0 saturated carbocycles. The van der Waals surface area contributed by atoms with E-state index in [1.807, 2.05) is 41.1 Å². The minimum atomic E-state index is -4.34. The van der Waals surface area contributed by atoms with Crippen LogP contribution < -0.4 is 0 Å². The number of rotatable bonds is 4. The van der Waals surface area contributed by atoms with Gasteiger partial charge in [0.25, 0.3) is 0 Å². The predicted octanol–water partition coefficient (Wildman–Crippen LogP) is 6.29. The monoisotopic (exact) mass is 403 g/mol. The van der Waals surface area contributed by atoms with E-state index in [9.17, 15) is 18.4 Å². The molecule has 0 unspecified atom stereocenters. The highest BCUT2D eigenvalue weighted by Gasteiger charge is 2.29. The molecule has 3 nitrogen and oxygen atoms in total. The molecule has 4 aromatic rings. The molecule has 2 aromatic heterocycles. The highest BCUT2D eigenvalue weighted by atomic mass is 19.4. The molecule has 4 rings (SSSR count). The molecule has 0 spiro atoms. The molecule has 2 heterocycles. The fraction of sp³-hybridized carbons (Fsp3) is 0.0833. The van der Waals surface area contributed by atoms with Crippen molar-refractivity contribution in [3.05, 3.63) is 95.8 Å². The van der Waals surface area contributed by atoms with E-state index in [1.54, 1.807) is 12.1 Å². The number of halogens is 3. The Bertz CT molecular complexity index is 1280. The lowest BCUT2D eigenvalue weighted by atomic mass is 10.1. The van der Waals surface area contributed by atoms with Crippen LogP contribution in [0.1, 0.15) is 22.4 Å². The van der Waals surface area contributed by atoms with Gasteiger partial charge in [0.15, 0.2) is 0 Å². The SMILES string of the molecule is C=Cc1cc(C#N)nc(-c2ccc3c(ccn3Cc3ccc(C(F)(F)F)cc3)c2)c1. The summed E-state index contributed by atoms with van der Waals surface area (Å²) >= 11 is 0. The van der Waals surface area contributed by atoms with Crippen molar-refractivity contribution in [3.63, 3.8) is 0 Å². The molecule has 0 aliphatic heterocycles. The van der Waals surface area contributed by atoms with Crippen molar-refractivity contribution >= 4 is 17.0 Å². The smallest absolute Gasteiger partial charge is 0.343 e. The van der Waals surface area contributed by atoms with Gasteiger partial charge >= 0.3 is 6.18 Å². The number of nitrogens with zero attached hydrogens (tertiary/aromatic N) is 3. The van der Waals surface area contributed by atoms with Crippen LogP contribution in [0.15, 0.2) is 73.4 Å². The average molecular weight is 403 g/mol. The number of fused-ring (bicyclic) bond motifs is 1. The first kappa shape index (κ1) is 19.5. The molecule has 30 heavy (non-hydrogen) atoms. The summed E-state index contributed by atoms with van der Waals surface area (Å²) < 4.78 is 40.2. The zero-order chi connectivity index (χ0) is 21.3. The van der Waals surface area contributed by atoms with Crippen molar-refractivity contribution < 1.29 is 13.2 Å². The first-order chi connectivity index (χ1) is 14.4. The number of hydrogen-bond acceptors (Lipinski definition) is 2. The number of nitriles is 1. The van der Waals surface area contributed by atoms with Crippen molar-refractivity contribution in [2.45, 2.75) is 12.7 Å². The van der Waals surface area contributed by atoms with Gasteiger partial charge in [0.2, 0.25) is 0 Å². The van der Waals surface area contributed by atoms with Crippen LogP contribution in [-0.4, -0.2) is 9.55 Å². The number of hydrogen-bond donors (Lipinski definition) is 0. The van der Waals surface area contributed by atoms with E-state index in [-0.39, 0.29) is 0 Å². The lowest BCUT2D eigenvalue weighted by molar-refractivity contribution is -0.137. The van der Waals surface area contributed by atoms with Crippen LogP contribution in [0.2, 0.25) is 0 Å². The Labute approximate surface area is 171 Å². The van der Waals surface area contributed by atoms with Crippen LogP contribution in [0.25, 0.3) is 28.2 Å². The van der Waals surface area contributed by atoms with Crippen LogP contribution in [0.4, 0.5) is 13.2 Å². The Morgan fingerprint density at radius 2 is 1.80 bits per heavy atom. The summed E-state index contributed by atoms with van der Waals surface area (Å²) in [5.74, 6) is 0. The van der Waals surface area contributed by atoms with Gasteiger partial charge in [0.1, 0.15) is 11.8 Å². The molecule has 148 valence electrons. The van der Waals surface area contributed by atoms with E-state index in [2.05, 4.69) is 17.6 Å². The first-order valence-electron chi connectivity index (χ1n) is 9.17. The zero-order valence-electron chi connectivity index (χ0n) is 15.8. The van der Waals surface area contributed by atoms with Crippen LogP contribution in [0.5, 0.6) is 0 Å². The second-order valence-electron chi connectivity index (χ2n) is 6.90. The van der Waals surface area contributed by atoms with Gasteiger partial charge < -0.3 is 4.57 Å². The van der Waals surface area contributed by atoms with Gasteiger partial charge in [-0.05, 0) is 53.6 Å². The van der Waals surface area contributed by atoms with Gasteiger partial charge in [-0.1, -0.05) is 30.9 Å². The largest absolute Gasteiger partial charge is 0.416 e. The standard InChI is InChI=1S/C24H16F3N3/c1-2-16-11-21(14-28)29-22(12-16)18-5-8-23-19(13-18)9-10-30(23)15-17-3-6-20(7-4-17)24(25,26)27/h2-13H,1,15H2. The van der Waals surface area contributed by atoms with Gasteiger partial charge in [-0.15, -0.1) is 0 Å². The van der Waals surface area contributed by atoms with Gasteiger partial charge in [-0.2, -0.15) is 18.4 Å². The molecule has 0 N–H and O–H groups in total. The average Bonchev–Trinajstić information content (AvgIpc) is 3.15. The van der Waals surface area contributed by atoms with Crippen LogP contribution in [0.3, 0.4) is 0 Å². The Morgan fingerprint density at radius 3 is 2.47 bits per heavy atom. The molecule has 2 aromatic carbocycles. The Morgan fingerprint density at radius 1 is 1.03 bits per heavy atom. The second-order valence-corrected chi connectivity index (χ2v) is 6.90. The quantitative estimate of drug-likeness (QED) is 0.402. The second kappa shape index (κ2) is 7.53. The lowest BCUT2D eigenvalue weighted by Crippen LogP contribution is -2.05. The third-order valence-electron chi connectivity index (χ3n) is 4.90. The Hall–Kier alpha value is -3.85. The third-order valence-corrected chi connectivity index (χ3v) is 4.90. The fourth-order valence-corrected chi connectivity index (χ4v) is 3.37. The summed E-state index contributed by atoms with van der Waals surface area (Å²) in [6.45, 7) is 4.21. The van der Waals surface area contributed by atoms with Gasteiger partial charge in [-0.25, -0.2) is 4.98 Å². The van der Waals surface area contributed by atoms with Crippen molar-refractivity contribution in [1.29, 1.82) is 5.26 Å². The van der Waals surface area contributed by atoms with Crippen LogP contribution in [0, 0.1) is 11.3 Å². The van der Waals surface area contributed by atoms with Crippen molar-refractivity contribution in [1.82, 2.24) is 9.55 Å². The maximum atomic E-state index is 12.7. The molecule has 0 bridgehead atoms. The normalized spacial score (nSPS) is 11.4. The van der Waals surface area contributed by atoms with Crippen molar-refractivity contribution in [3.8, 4) is 17.3 Å². The summed E-state index contributed by atoms with van der Waals surface area (Å²) in [5.41, 5.74) is 3.78. The van der Waals surface area contributed by atoms with Crippen LogP contribution in [-0.2, 0) is 12.7 Å². The molecule has 0 saturated heterocycles.